The number of halogens is 1. The molecule has 1 atom stereocenters. The van der Waals surface area contributed by atoms with Crippen molar-refractivity contribution in [1.82, 2.24) is 0 Å². The molecule has 0 amide bonds. The lowest BCUT2D eigenvalue weighted by Gasteiger charge is -2.12. The Morgan fingerprint density at radius 3 is 2.25 bits per heavy atom. The highest BCUT2D eigenvalue weighted by molar-refractivity contribution is 5.85. The monoisotopic (exact) mass is 291 g/mol. The molecule has 0 aliphatic heterocycles. The smallest absolute Gasteiger partial charge is 0.119 e. The second-order valence-electron chi connectivity index (χ2n) is 4.74. The molecule has 0 radical (unpaired) electrons. The molecule has 108 valence electrons. The number of nitrogens with two attached hydrogens (primary N) is 1. The van der Waals surface area contributed by atoms with Crippen molar-refractivity contribution < 1.29 is 4.74 Å². The van der Waals surface area contributed by atoms with Crippen LogP contribution >= 0.6 is 12.4 Å². The van der Waals surface area contributed by atoms with Crippen LogP contribution < -0.4 is 10.5 Å². The van der Waals surface area contributed by atoms with Crippen LogP contribution in [-0.2, 0) is 6.61 Å². The van der Waals surface area contributed by atoms with E-state index in [1.54, 1.807) is 0 Å². The van der Waals surface area contributed by atoms with E-state index in [2.05, 4.69) is 31.2 Å². The Kier molecular flexibility index (Phi) is 7.13. The van der Waals surface area contributed by atoms with Crippen molar-refractivity contribution in [1.29, 1.82) is 0 Å². The Bertz CT molecular complexity index is 484. The zero-order valence-electron chi connectivity index (χ0n) is 11.8. The molecule has 0 fully saturated rings. The van der Waals surface area contributed by atoms with Crippen LogP contribution in [0.1, 0.15) is 36.9 Å². The Morgan fingerprint density at radius 2 is 1.65 bits per heavy atom. The van der Waals surface area contributed by atoms with Gasteiger partial charge in [0.2, 0.25) is 0 Å². The van der Waals surface area contributed by atoms with Crippen LogP contribution in [0.3, 0.4) is 0 Å². The van der Waals surface area contributed by atoms with E-state index in [4.69, 9.17) is 10.5 Å². The topological polar surface area (TPSA) is 35.2 Å². The third-order valence-corrected chi connectivity index (χ3v) is 3.16. The van der Waals surface area contributed by atoms with Crippen LogP contribution in [0.2, 0.25) is 0 Å². The molecule has 0 aliphatic rings. The standard InChI is InChI=1S/C17H21NO.ClH/c1-2-6-17(18)15-9-11-16(12-10-15)19-13-14-7-4-3-5-8-14;/h3-5,7-12,17H,2,6,13,18H2,1H3;1H/t17-;/m0./s1. The molecule has 0 saturated heterocycles. The van der Waals surface area contributed by atoms with Gasteiger partial charge in [-0.1, -0.05) is 55.8 Å². The molecule has 0 bridgehead atoms. The maximum atomic E-state index is 6.08. The van der Waals surface area contributed by atoms with Crippen LogP contribution in [0.15, 0.2) is 54.6 Å². The first-order chi connectivity index (χ1) is 9.29. The zero-order valence-corrected chi connectivity index (χ0v) is 12.6. The van der Waals surface area contributed by atoms with Gasteiger partial charge in [0.1, 0.15) is 12.4 Å². The summed E-state index contributed by atoms with van der Waals surface area (Å²) in [6, 6.07) is 18.4. The minimum Gasteiger partial charge on any atom is -0.489 e. The fourth-order valence-electron chi connectivity index (χ4n) is 2.03. The quantitative estimate of drug-likeness (QED) is 0.851. The number of benzene rings is 2. The first-order valence-corrected chi connectivity index (χ1v) is 6.82. The molecule has 2 aromatic rings. The molecule has 2 aromatic carbocycles. The van der Waals surface area contributed by atoms with Gasteiger partial charge in [-0.05, 0) is 29.7 Å². The number of ether oxygens (including phenoxy) is 1. The van der Waals surface area contributed by atoms with E-state index in [1.165, 1.54) is 11.1 Å². The SMILES string of the molecule is CCC[C@H](N)c1ccc(OCc2ccccc2)cc1.Cl. The van der Waals surface area contributed by atoms with Gasteiger partial charge in [-0.15, -0.1) is 12.4 Å². The third-order valence-electron chi connectivity index (χ3n) is 3.16. The van der Waals surface area contributed by atoms with Crippen molar-refractivity contribution in [3.63, 3.8) is 0 Å². The van der Waals surface area contributed by atoms with Crippen molar-refractivity contribution in [2.45, 2.75) is 32.4 Å². The molecule has 0 unspecified atom stereocenters. The van der Waals surface area contributed by atoms with Gasteiger partial charge in [0, 0.05) is 6.04 Å². The minimum absolute atomic E-state index is 0. The molecule has 2 rings (SSSR count). The Morgan fingerprint density at radius 1 is 1.00 bits per heavy atom. The van der Waals surface area contributed by atoms with Crippen molar-refractivity contribution in [3.8, 4) is 5.75 Å². The van der Waals surface area contributed by atoms with E-state index >= 15 is 0 Å². The van der Waals surface area contributed by atoms with Gasteiger partial charge < -0.3 is 10.5 Å². The Hall–Kier alpha value is -1.51. The van der Waals surface area contributed by atoms with Crippen LogP contribution in [-0.4, -0.2) is 0 Å². The largest absolute Gasteiger partial charge is 0.489 e. The summed E-state index contributed by atoms with van der Waals surface area (Å²) in [5.41, 5.74) is 8.43. The van der Waals surface area contributed by atoms with Gasteiger partial charge in [-0.25, -0.2) is 0 Å². The average Bonchev–Trinajstić information content (AvgIpc) is 2.47. The second kappa shape index (κ2) is 8.62. The first-order valence-electron chi connectivity index (χ1n) is 6.82. The van der Waals surface area contributed by atoms with E-state index in [0.717, 1.165) is 18.6 Å². The molecular formula is C17H22ClNO. The van der Waals surface area contributed by atoms with E-state index in [0.29, 0.717) is 6.61 Å². The molecular weight excluding hydrogens is 270 g/mol. The molecule has 0 saturated carbocycles. The summed E-state index contributed by atoms with van der Waals surface area (Å²) in [7, 11) is 0. The maximum Gasteiger partial charge on any atom is 0.119 e. The number of hydrogen-bond acceptors (Lipinski definition) is 2. The van der Waals surface area contributed by atoms with Gasteiger partial charge in [-0.2, -0.15) is 0 Å². The summed E-state index contributed by atoms with van der Waals surface area (Å²) in [5.74, 6) is 0.885. The van der Waals surface area contributed by atoms with Crippen LogP contribution in [0, 0.1) is 0 Å². The fraction of sp³-hybridized carbons (Fsp3) is 0.294. The van der Waals surface area contributed by atoms with E-state index in [1.807, 2.05) is 30.3 Å². The lowest BCUT2D eigenvalue weighted by Crippen LogP contribution is -2.09. The van der Waals surface area contributed by atoms with Gasteiger partial charge in [0.25, 0.3) is 0 Å². The predicted molar refractivity (Wildman–Crippen MR) is 86.3 cm³/mol. The van der Waals surface area contributed by atoms with Gasteiger partial charge in [0.15, 0.2) is 0 Å². The van der Waals surface area contributed by atoms with Crippen molar-refractivity contribution >= 4 is 12.4 Å². The summed E-state index contributed by atoms with van der Waals surface area (Å²) in [6.07, 6.45) is 2.12. The highest BCUT2D eigenvalue weighted by Crippen LogP contribution is 2.20. The van der Waals surface area contributed by atoms with Crippen molar-refractivity contribution in [3.05, 3.63) is 65.7 Å². The normalized spacial score (nSPS) is 11.5. The maximum absolute atomic E-state index is 6.08. The van der Waals surface area contributed by atoms with Gasteiger partial charge in [-0.3, -0.25) is 0 Å². The second-order valence-corrected chi connectivity index (χ2v) is 4.74. The third kappa shape index (κ3) is 4.87. The summed E-state index contributed by atoms with van der Waals surface area (Å²) < 4.78 is 5.75. The van der Waals surface area contributed by atoms with Crippen LogP contribution in [0.25, 0.3) is 0 Å². The highest BCUT2D eigenvalue weighted by Gasteiger charge is 2.04. The molecule has 2 N–H and O–H groups in total. The van der Waals surface area contributed by atoms with Crippen molar-refractivity contribution in [2.75, 3.05) is 0 Å². The molecule has 20 heavy (non-hydrogen) atoms. The fourth-order valence-corrected chi connectivity index (χ4v) is 2.03. The Labute approximate surface area is 127 Å². The molecule has 0 heterocycles. The summed E-state index contributed by atoms with van der Waals surface area (Å²) in [4.78, 5) is 0. The molecule has 2 nitrogen and oxygen atoms in total. The molecule has 0 aromatic heterocycles. The summed E-state index contributed by atoms with van der Waals surface area (Å²) >= 11 is 0. The lowest BCUT2D eigenvalue weighted by atomic mass is 10.0. The molecule has 0 aliphatic carbocycles. The summed E-state index contributed by atoms with van der Waals surface area (Å²) in [6.45, 7) is 2.75. The molecule has 3 heteroatoms. The zero-order chi connectivity index (χ0) is 13.5. The predicted octanol–water partition coefficient (Wildman–Crippen LogP) is 4.49. The van der Waals surface area contributed by atoms with Crippen LogP contribution in [0.5, 0.6) is 5.75 Å². The first kappa shape index (κ1) is 16.5. The van der Waals surface area contributed by atoms with Crippen LogP contribution in [0.4, 0.5) is 0 Å². The highest BCUT2D eigenvalue weighted by atomic mass is 35.5. The lowest BCUT2D eigenvalue weighted by molar-refractivity contribution is 0.306. The van der Waals surface area contributed by atoms with E-state index in [-0.39, 0.29) is 18.4 Å². The van der Waals surface area contributed by atoms with Gasteiger partial charge >= 0.3 is 0 Å². The van der Waals surface area contributed by atoms with E-state index in [9.17, 15) is 0 Å². The molecule has 0 spiro atoms. The Balaban J connectivity index is 0.00000200. The number of hydrogen-bond donors (Lipinski definition) is 1. The average molecular weight is 292 g/mol. The van der Waals surface area contributed by atoms with Gasteiger partial charge in [0.05, 0.1) is 0 Å². The van der Waals surface area contributed by atoms with E-state index < -0.39 is 0 Å². The van der Waals surface area contributed by atoms with Crippen molar-refractivity contribution in [2.24, 2.45) is 5.73 Å². The minimum atomic E-state index is 0. The number of rotatable bonds is 6. The summed E-state index contributed by atoms with van der Waals surface area (Å²) in [5, 5.41) is 0.